The van der Waals surface area contributed by atoms with Crippen LogP contribution in [0.15, 0.2) is 36.4 Å². The minimum Gasteiger partial charge on any atom is -0.338 e. The second-order valence-corrected chi connectivity index (χ2v) is 7.83. The van der Waals surface area contributed by atoms with Gasteiger partial charge in [-0.15, -0.1) is 0 Å². The van der Waals surface area contributed by atoms with Gasteiger partial charge in [0.2, 0.25) is 5.91 Å². The minimum absolute atomic E-state index is 0.00215. The number of anilines is 1. The molecule has 4 nitrogen and oxygen atoms in total. The molecule has 0 unspecified atom stereocenters. The van der Waals surface area contributed by atoms with Crippen LogP contribution >= 0.6 is 11.6 Å². The number of carbonyl (C=O) groups is 2. The van der Waals surface area contributed by atoms with Crippen LogP contribution in [0.4, 0.5) is 5.69 Å². The van der Waals surface area contributed by atoms with E-state index in [9.17, 15) is 9.59 Å². The number of rotatable bonds is 3. The maximum atomic E-state index is 12.9. The Bertz CT molecular complexity index is 858. The van der Waals surface area contributed by atoms with Crippen LogP contribution in [0.3, 0.4) is 0 Å². The molecule has 1 saturated heterocycles. The highest BCUT2D eigenvalue weighted by atomic mass is 35.5. The van der Waals surface area contributed by atoms with Crippen molar-refractivity contribution in [2.45, 2.75) is 33.6 Å². The van der Waals surface area contributed by atoms with Crippen molar-refractivity contribution < 1.29 is 9.59 Å². The Morgan fingerprint density at radius 2 is 1.78 bits per heavy atom. The molecule has 0 aromatic heterocycles. The van der Waals surface area contributed by atoms with E-state index in [1.54, 1.807) is 11.0 Å². The maximum Gasteiger partial charge on any atom is 0.253 e. The number of aryl methyl sites for hydroxylation is 3. The summed E-state index contributed by atoms with van der Waals surface area (Å²) in [5, 5.41) is 3.56. The summed E-state index contributed by atoms with van der Waals surface area (Å²) in [6, 6.07) is 11.4. The largest absolute Gasteiger partial charge is 0.338 e. The zero-order valence-corrected chi connectivity index (χ0v) is 16.8. The SMILES string of the molecule is Cc1cc(C)cc(C(=O)N2CCC[C@@H](C(=O)Nc3ccc(C)c(Cl)c3)C2)c1. The van der Waals surface area contributed by atoms with Gasteiger partial charge in [0, 0.05) is 29.4 Å². The molecule has 2 amide bonds. The fraction of sp³-hybridized carbons (Fsp3) is 0.364. The Kier molecular flexibility index (Phi) is 5.85. The molecule has 1 aliphatic rings. The number of nitrogens with one attached hydrogen (secondary N) is 1. The average Bonchev–Trinajstić information content (AvgIpc) is 2.63. The summed E-state index contributed by atoms with van der Waals surface area (Å²) in [6.07, 6.45) is 1.60. The van der Waals surface area contributed by atoms with Gasteiger partial charge in [0.05, 0.1) is 5.92 Å². The van der Waals surface area contributed by atoms with Crippen molar-refractivity contribution in [2.75, 3.05) is 18.4 Å². The van der Waals surface area contributed by atoms with Crippen LogP contribution in [-0.4, -0.2) is 29.8 Å². The first-order chi connectivity index (χ1) is 12.8. The highest BCUT2D eigenvalue weighted by molar-refractivity contribution is 6.31. The lowest BCUT2D eigenvalue weighted by atomic mass is 9.96. The van der Waals surface area contributed by atoms with Crippen molar-refractivity contribution in [1.29, 1.82) is 0 Å². The van der Waals surface area contributed by atoms with Crippen molar-refractivity contribution in [2.24, 2.45) is 5.92 Å². The molecule has 1 heterocycles. The van der Waals surface area contributed by atoms with E-state index < -0.39 is 0 Å². The Hall–Kier alpha value is -2.33. The van der Waals surface area contributed by atoms with Gasteiger partial charge in [-0.3, -0.25) is 9.59 Å². The van der Waals surface area contributed by atoms with Gasteiger partial charge in [0.15, 0.2) is 0 Å². The zero-order chi connectivity index (χ0) is 19.6. The molecule has 1 fully saturated rings. The first-order valence-corrected chi connectivity index (χ1v) is 9.66. The zero-order valence-electron chi connectivity index (χ0n) is 16.0. The molecule has 1 N–H and O–H groups in total. The lowest BCUT2D eigenvalue weighted by molar-refractivity contribution is -0.121. The van der Waals surface area contributed by atoms with E-state index in [1.807, 2.05) is 45.0 Å². The number of carbonyl (C=O) groups excluding carboxylic acids is 2. The average molecular weight is 385 g/mol. The van der Waals surface area contributed by atoms with Crippen LogP contribution in [0.25, 0.3) is 0 Å². The lowest BCUT2D eigenvalue weighted by Crippen LogP contribution is -2.43. The van der Waals surface area contributed by atoms with Crippen LogP contribution in [0, 0.1) is 26.7 Å². The Morgan fingerprint density at radius 1 is 1.07 bits per heavy atom. The fourth-order valence-corrected chi connectivity index (χ4v) is 3.75. The quantitative estimate of drug-likeness (QED) is 0.829. The lowest BCUT2D eigenvalue weighted by Gasteiger charge is -2.32. The predicted octanol–water partition coefficient (Wildman–Crippen LogP) is 4.76. The second-order valence-electron chi connectivity index (χ2n) is 7.42. The Balaban J connectivity index is 1.68. The van der Waals surface area contributed by atoms with Gasteiger partial charge in [0.25, 0.3) is 5.91 Å². The number of hydrogen-bond donors (Lipinski definition) is 1. The molecule has 27 heavy (non-hydrogen) atoms. The van der Waals surface area contributed by atoms with E-state index in [0.717, 1.165) is 29.5 Å². The highest BCUT2D eigenvalue weighted by Crippen LogP contribution is 2.24. The van der Waals surface area contributed by atoms with Crippen LogP contribution in [-0.2, 0) is 4.79 Å². The Labute approximate surface area is 165 Å². The van der Waals surface area contributed by atoms with Crippen molar-refractivity contribution in [3.8, 4) is 0 Å². The molecule has 2 aromatic carbocycles. The molecule has 3 rings (SSSR count). The number of amides is 2. The number of halogens is 1. The molecule has 0 aliphatic carbocycles. The van der Waals surface area contributed by atoms with E-state index >= 15 is 0 Å². The van der Waals surface area contributed by atoms with Crippen LogP contribution < -0.4 is 5.32 Å². The second kappa shape index (κ2) is 8.13. The van der Waals surface area contributed by atoms with Crippen molar-refractivity contribution in [3.05, 3.63) is 63.7 Å². The van der Waals surface area contributed by atoms with E-state index in [0.29, 0.717) is 29.4 Å². The van der Waals surface area contributed by atoms with Crippen molar-refractivity contribution in [1.82, 2.24) is 4.90 Å². The molecule has 1 atom stereocenters. The molecule has 0 bridgehead atoms. The van der Waals surface area contributed by atoms with E-state index in [1.165, 1.54) is 0 Å². The van der Waals surface area contributed by atoms with E-state index in [2.05, 4.69) is 11.4 Å². The normalized spacial score (nSPS) is 16.9. The topological polar surface area (TPSA) is 49.4 Å². The van der Waals surface area contributed by atoms with Gasteiger partial charge >= 0.3 is 0 Å². The minimum atomic E-state index is -0.214. The van der Waals surface area contributed by atoms with Gasteiger partial charge in [-0.25, -0.2) is 0 Å². The number of nitrogens with zero attached hydrogens (tertiary/aromatic N) is 1. The first kappa shape index (κ1) is 19.4. The molecular weight excluding hydrogens is 360 g/mol. The summed E-state index contributed by atoms with van der Waals surface area (Å²) < 4.78 is 0. The number of hydrogen-bond acceptors (Lipinski definition) is 2. The van der Waals surface area contributed by atoms with Crippen molar-refractivity contribution in [3.63, 3.8) is 0 Å². The predicted molar refractivity (Wildman–Crippen MR) is 109 cm³/mol. The van der Waals surface area contributed by atoms with Crippen LogP contribution in [0.1, 0.15) is 39.9 Å². The van der Waals surface area contributed by atoms with E-state index in [4.69, 9.17) is 11.6 Å². The summed E-state index contributed by atoms with van der Waals surface area (Å²) in [7, 11) is 0. The molecule has 0 saturated carbocycles. The standard InChI is InChI=1S/C22H25ClN2O2/c1-14-9-15(2)11-18(10-14)22(27)25-8-4-5-17(13-25)21(26)24-19-7-6-16(3)20(23)12-19/h6-7,9-12,17H,4-5,8,13H2,1-3H3,(H,24,26)/t17-/m1/s1. The van der Waals surface area contributed by atoms with Crippen LogP contribution in [0.5, 0.6) is 0 Å². The van der Waals surface area contributed by atoms with Gasteiger partial charge in [-0.1, -0.05) is 34.9 Å². The van der Waals surface area contributed by atoms with Crippen LogP contribution in [0.2, 0.25) is 5.02 Å². The molecule has 0 spiro atoms. The summed E-state index contributed by atoms with van der Waals surface area (Å²) in [6.45, 7) is 7.03. The third-order valence-corrected chi connectivity index (χ3v) is 5.39. The smallest absolute Gasteiger partial charge is 0.253 e. The molecule has 142 valence electrons. The van der Waals surface area contributed by atoms with Gasteiger partial charge in [-0.05, 0) is 63.4 Å². The van der Waals surface area contributed by atoms with Gasteiger partial charge in [-0.2, -0.15) is 0 Å². The molecule has 1 aliphatic heterocycles. The highest BCUT2D eigenvalue weighted by Gasteiger charge is 2.29. The maximum absolute atomic E-state index is 12.9. The third-order valence-electron chi connectivity index (χ3n) is 4.99. The monoisotopic (exact) mass is 384 g/mol. The Morgan fingerprint density at radius 3 is 2.44 bits per heavy atom. The third kappa shape index (κ3) is 4.69. The molecule has 2 aromatic rings. The summed E-state index contributed by atoms with van der Waals surface area (Å²) in [5.74, 6) is -0.279. The molecule has 5 heteroatoms. The van der Waals surface area contributed by atoms with Gasteiger partial charge < -0.3 is 10.2 Å². The molecular formula is C22H25ClN2O2. The summed E-state index contributed by atoms with van der Waals surface area (Å²) in [5.41, 5.74) is 4.49. The van der Waals surface area contributed by atoms with Gasteiger partial charge in [0.1, 0.15) is 0 Å². The van der Waals surface area contributed by atoms with Crippen molar-refractivity contribution >= 4 is 29.1 Å². The summed E-state index contributed by atoms with van der Waals surface area (Å²) >= 11 is 6.14. The fourth-order valence-electron chi connectivity index (χ4n) is 3.57. The van der Waals surface area contributed by atoms with E-state index in [-0.39, 0.29) is 17.7 Å². The molecule has 0 radical (unpaired) electrons. The number of likely N-dealkylation sites (tertiary alicyclic amines) is 1. The number of piperidine rings is 1. The first-order valence-electron chi connectivity index (χ1n) is 9.28. The number of benzene rings is 2. The summed E-state index contributed by atoms with van der Waals surface area (Å²) in [4.78, 5) is 27.4.